The average molecular weight is 421 g/mol. The Morgan fingerprint density at radius 1 is 1.00 bits per heavy atom. The molecule has 1 amide bonds. The number of carbonyl (C=O) groups excluding carboxylic acids is 1. The third-order valence-corrected chi connectivity index (χ3v) is 4.62. The maximum atomic E-state index is 12.4. The number of nitrogens with zero attached hydrogens (tertiary/aromatic N) is 4. The van der Waals surface area contributed by atoms with E-state index in [2.05, 4.69) is 44.3 Å². The van der Waals surface area contributed by atoms with Gasteiger partial charge in [0, 0.05) is 42.8 Å². The number of hydrogen-bond acceptors (Lipinski definition) is 7. The number of aromatic nitrogens is 3. The van der Waals surface area contributed by atoms with Gasteiger partial charge in [0.2, 0.25) is 5.88 Å². The third-order valence-electron chi connectivity index (χ3n) is 4.62. The molecule has 2 N–H and O–H groups in total. The molecule has 2 aromatic heterocycles. The van der Waals surface area contributed by atoms with Gasteiger partial charge in [-0.15, -0.1) is 0 Å². The number of ether oxygens (including phenoxy) is 1. The maximum Gasteiger partial charge on any atom is 0.257 e. The summed E-state index contributed by atoms with van der Waals surface area (Å²) < 4.78 is 5.30. The molecular formula is C23H28N6O2. The molecule has 0 fully saturated rings. The lowest BCUT2D eigenvalue weighted by molar-refractivity contribution is 0.102. The van der Waals surface area contributed by atoms with Gasteiger partial charge in [0.15, 0.2) is 0 Å². The topological polar surface area (TPSA) is 92.3 Å². The minimum Gasteiger partial charge on any atom is -0.478 e. The van der Waals surface area contributed by atoms with Crippen LogP contribution in [0.4, 0.5) is 23.0 Å². The van der Waals surface area contributed by atoms with Gasteiger partial charge in [0.25, 0.3) is 5.91 Å². The summed E-state index contributed by atoms with van der Waals surface area (Å²) in [6, 6.07) is 12.8. The standard InChI is InChI=1S/C23H28N6O2/c1-5-29(6-2)21-14-20(25-16(4)26-21)27-18-9-11-19(12-10-18)28-23(30)17-8-13-22(24-15-17)31-7-3/h8-15H,5-7H2,1-4H3,(H,28,30)(H,25,26,27). The van der Waals surface area contributed by atoms with Crippen molar-refractivity contribution < 1.29 is 9.53 Å². The Bertz CT molecular complexity index is 1000. The van der Waals surface area contributed by atoms with Gasteiger partial charge in [0.05, 0.1) is 12.2 Å². The third kappa shape index (κ3) is 5.91. The predicted molar refractivity (Wildman–Crippen MR) is 123 cm³/mol. The van der Waals surface area contributed by atoms with Gasteiger partial charge in [-0.2, -0.15) is 0 Å². The van der Waals surface area contributed by atoms with Crippen LogP contribution < -0.4 is 20.3 Å². The number of nitrogens with one attached hydrogen (secondary N) is 2. The van der Waals surface area contributed by atoms with E-state index in [1.165, 1.54) is 6.20 Å². The average Bonchev–Trinajstić information content (AvgIpc) is 2.76. The number of anilines is 4. The van der Waals surface area contributed by atoms with Gasteiger partial charge in [-0.1, -0.05) is 0 Å². The number of hydrogen-bond donors (Lipinski definition) is 2. The summed E-state index contributed by atoms with van der Waals surface area (Å²) in [6.45, 7) is 10.3. The number of rotatable bonds is 9. The van der Waals surface area contributed by atoms with Crippen LogP contribution in [0.1, 0.15) is 37.0 Å². The smallest absolute Gasteiger partial charge is 0.257 e. The fraction of sp³-hybridized carbons (Fsp3) is 0.304. The quantitative estimate of drug-likeness (QED) is 0.529. The molecule has 31 heavy (non-hydrogen) atoms. The number of aryl methyl sites for hydroxylation is 1. The zero-order valence-corrected chi connectivity index (χ0v) is 18.3. The zero-order valence-electron chi connectivity index (χ0n) is 18.3. The van der Waals surface area contributed by atoms with Gasteiger partial charge in [-0.3, -0.25) is 4.79 Å². The molecule has 8 heteroatoms. The number of benzene rings is 1. The highest BCUT2D eigenvalue weighted by Gasteiger charge is 2.09. The van der Waals surface area contributed by atoms with E-state index in [4.69, 9.17) is 4.74 Å². The van der Waals surface area contributed by atoms with Crippen LogP contribution in [-0.4, -0.2) is 40.6 Å². The molecule has 0 aliphatic rings. The van der Waals surface area contributed by atoms with E-state index in [-0.39, 0.29) is 5.91 Å². The SMILES string of the molecule is CCOc1ccc(C(=O)Nc2ccc(Nc3cc(N(CC)CC)nc(C)n3)cc2)cn1. The summed E-state index contributed by atoms with van der Waals surface area (Å²) >= 11 is 0. The first-order valence-corrected chi connectivity index (χ1v) is 10.4. The Kier molecular flexibility index (Phi) is 7.37. The molecule has 0 radical (unpaired) electrons. The molecule has 0 spiro atoms. The molecule has 8 nitrogen and oxygen atoms in total. The van der Waals surface area contributed by atoms with Gasteiger partial charge >= 0.3 is 0 Å². The van der Waals surface area contributed by atoms with Crippen LogP contribution in [0.3, 0.4) is 0 Å². The number of amides is 1. The number of carbonyl (C=O) groups is 1. The molecule has 1 aromatic carbocycles. The molecule has 3 rings (SSSR count). The van der Waals surface area contributed by atoms with E-state index in [1.807, 2.05) is 44.2 Å². The molecule has 2 heterocycles. The highest BCUT2D eigenvalue weighted by Crippen LogP contribution is 2.21. The van der Waals surface area contributed by atoms with Gasteiger partial charge in [-0.25, -0.2) is 15.0 Å². The summed E-state index contributed by atoms with van der Waals surface area (Å²) in [5.74, 6) is 2.60. The van der Waals surface area contributed by atoms with Crippen molar-refractivity contribution >= 4 is 28.9 Å². The first kappa shape index (κ1) is 22.0. The Hall–Kier alpha value is -3.68. The first-order valence-electron chi connectivity index (χ1n) is 10.4. The van der Waals surface area contributed by atoms with E-state index in [9.17, 15) is 4.79 Å². The van der Waals surface area contributed by atoms with Gasteiger partial charge in [-0.05, 0) is 58.0 Å². The van der Waals surface area contributed by atoms with Crippen molar-refractivity contribution in [2.24, 2.45) is 0 Å². The van der Waals surface area contributed by atoms with Crippen LogP contribution in [0, 0.1) is 6.92 Å². The molecular weight excluding hydrogens is 392 g/mol. The summed E-state index contributed by atoms with van der Waals surface area (Å²) in [5, 5.41) is 6.17. The van der Waals surface area contributed by atoms with Crippen molar-refractivity contribution in [3.05, 3.63) is 60.0 Å². The Labute approximate surface area is 182 Å². The van der Waals surface area contributed by atoms with Crippen LogP contribution in [0.15, 0.2) is 48.7 Å². The van der Waals surface area contributed by atoms with Crippen LogP contribution >= 0.6 is 0 Å². The molecule has 0 bridgehead atoms. The minimum atomic E-state index is -0.230. The molecule has 0 aliphatic carbocycles. The Morgan fingerprint density at radius 3 is 2.32 bits per heavy atom. The van der Waals surface area contributed by atoms with Crippen molar-refractivity contribution in [3.8, 4) is 5.88 Å². The van der Waals surface area contributed by atoms with E-state index in [0.29, 0.717) is 29.6 Å². The van der Waals surface area contributed by atoms with Crippen molar-refractivity contribution in [2.75, 3.05) is 35.2 Å². The van der Waals surface area contributed by atoms with Crippen LogP contribution in [0.25, 0.3) is 0 Å². The first-order chi connectivity index (χ1) is 15.0. The minimum absolute atomic E-state index is 0.230. The second kappa shape index (κ2) is 10.4. The van der Waals surface area contributed by atoms with Crippen LogP contribution in [0.5, 0.6) is 5.88 Å². The van der Waals surface area contributed by atoms with Crippen LogP contribution in [-0.2, 0) is 0 Å². The lowest BCUT2D eigenvalue weighted by Crippen LogP contribution is -2.23. The zero-order chi connectivity index (χ0) is 22.2. The predicted octanol–water partition coefficient (Wildman–Crippen LogP) is 4.42. The van der Waals surface area contributed by atoms with Crippen molar-refractivity contribution in [3.63, 3.8) is 0 Å². The molecule has 0 unspecified atom stereocenters. The van der Waals surface area contributed by atoms with Crippen molar-refractivity contribution in [1.29, 1.82) is 0 Å². The largest absolute Gasteiger partial charge is 0.478 e. The number of pyridine rings is 1. The fourth-order valence-corrected chi connectivity index (χ4v) is 3.06. The maximum absolute atomic E-state index is 12.4. The van der Waals surface area contributed by atoms with E-state index in [1.54, 1.807) is 12.1 Å². The van der Waals surface area contributed by atoms with Gasteiger partial charge in [0.1, 0.15) is 17.5 Å². The normalized spacial score (nSPS) is 10.5. The second-order valence-electron chi connectivity index (χ2n) is 6.81. The summed E-state index contributed by atoms with van der Waals surface area (Å²) in [6.07, 6.45) is 1.50. The molecule has 0 atom stereocenters. The summed E-state index contributed by atoms with van der Waals surface area (Å²) in [5.41, 5.74) is 2.02. The van der Waals surface area contributed by atoms with E-state index < -0.39 is 0 Å². The molecule has 0 saturated heterocycles. The molecule has 3 aromatic rings. The lowest BCUT2D eigenvalue weighted by atomic mass is 10.2. The monoisotopic (exact) mass is 420 g/mol. The lowest BCUT2D eigenvalue weighted by Gasteiger charge is -2.20. The van der Waals surface area contributed by atoms with Crippen LogP contribution in [0.2, 0.25) is 0 Å². The molecule has 162 valence electrons. The summed E-state index contributed by atoms with van der Waals surface area (Å²) in [4.78, 5) is 27.7. The molecule has 0 saturated carbocycles. The fourth-order valence-electron chi connectivity index (χ4n) is 3.06. The Balaban J connectivity index is 1.66. The van der Waals surface area contributed by atoms with E-state index in [0.717, 1.165) is 30.4 Å². The summed E-state index contributed by atoms with van der Waals surface area (Å²) in [7, 11) is 0. The highest BCUT2D eigenvalue weighted by molar-refractivity contribution is 6.04. The second-order valence-corrected chi connectivity index (χ2v) is 6.81. The Morgan fingerprint density at radius 2 is 1.71 bits per heavy atom. The van der Waals surface area contributed by atoms with Crippen molar-refractivity contribution in [1.82, 2.24) is 15.0 Å². The van der Waals surface area contributed by atoms with Crippen molar-refractivity contribution in [2.45, 2.75) is 27.7 Å². The van der Waals surface area contributed by atoms with E-state index >= 15 is 0 Å². The molecule has 0 aliphatic heterocycles. The highest BCUT2D eigenvalue weighted by atomic mass is 16.5. The van der Waals surface area contributed by atoms with Gasteiger partial charge < -0.3 is 20.3 Å².